The molecule has 1 heterocycles. The molecule has 1 atom stereocenters. The molecule has 1 aromatic carbocycles. The molecule has 0 spiro atoms. The summed E-state index contributed by atoms with van der Waals surface area (Å²) in [4.78, 5) is 0. The molecule has 1 unspecified atom stereocenters. The maximum Gasteiger partial charge on any atom is 0.123 e. The minimum Gasteiger partial charge on any atom is -0.508 e. The molecule has 0 amide bonds. The molecule has 0 fully saturated rings. The Morgan fingerprint density at radius 3 is 2.94 bits per heavy atom. The van der Waals surface area contributed by atoms with Crippen LogP contribution in [0.5, 0.6) is 5.75 Å². The molecule has 2 aromatic rings. The van der Waals surface area contributed by atoms with Gasteiger partial charge in [0, 0.05) is 23.7 Å². The van der Waals surface area contributed by atoms with Crippen LogP contribution in [0.25, 0.3) is 0 Å². The van der Waals surface area contributed by atoms with Crippen LogP contribution in [0.15, 0.2) is 41.2 Å². The molecule has 0 radical (unpaired) electrons. The van der Waals surface area contributed by atoms with E-state index < -0.39 is 0 Å². The van der Waals surface area contributed by atoms with E-state index in [1.807, 2.05) is 13.0 Å². The highest BCUT2D eigenvalue weighted by molar-refractivity contribution is 5.34. The number of aromatic hydroxyl groups is 1. The highest BCUT2D eigenvalue weighted by Crippen LogP contribution is 2.24. The summed E-state index contributed by atoms with van der Waals surface area (Å²) in [6.45, 7) is 2.47. The van der Waals surface area contributed by atoms with E-state index in [0.717, 1.165) is 5.56 Å². The fourth-order valence-corrected chi connectivity index (χ4v) is 1.65. The number of halogens is 1. The molecule has 2 rings (SSSR count). The second-order valence-electron chi connectivity index (χ2n) is 3.94. The number of phenols is 1. The van der Waals surface area contributed by atoms with E-state index in [1.165, 1.54) is 18.2 Å². The third kappa shape index (κ3) is 2.85. The summed E-state index contributed by atoms with van der Waals surface area (Å²) in [6.07, 6.45) is 3.24. The average Bonchev–Trinajstić information content (AvgIpc) is 2.82. The van der Waals surface area contributed by atoms with Gasteiger partial charge < -0.3 is 14.8 Å². The van der Waals surface area contributed by atoms with Crippen molar-refractivity contribution in [3.05, 3.63) is 53.7 Å². The van der Waals surface area contributed by atoms with Gasteiger partial charge >= 0.3 is 0 Å². The lowest BCUT2D eigenvalue weighted by molar-refractivity contribution is 0.448. The van der Waals surface area contributed by atoms with Gasteiger partial charge in [0.15, 0.2) is 0 Å². The summed E-state index contributed by atoms with van der Waals surface area (Å²) < 4.78 is 18.0. The van der Waals surface area contributed by atoms with Gasteiger partial charge in [0.2, 0.25) is 0 Å². The van der Waals surface area contributed by atoms with Gasteiger partial charge in [0.25, 0.3) is 0 Å². The Balaban J connectivity index is 2.04. The lowest BCUT2D eigenvalue weighted by Gasteiger charge is -2.15. The molecule has 0 bridgehead atoms. The van der Waals surface area contributed by atoms with E-state index in [0.29, 0.717) is 12.1 Å². The van der Waals surface area contributed by atoms with Crippen LogP contribution in [0.4, 0.5) is 4.39 Å². The zero-order chi connectivity index (χ0) is 12.3. The summed E-state index contributed by atoms with van der Waals surface area (Å²) in [6, 6.07) is 5.65. The van der Waals surface area contributed by atoms with Crippen molar-refractivity contribution >= 4 is 0 Å². The molecule has 2 N–H and O–H groups in total. The smallest absolute Gasteiger partial charge is 0.123 e. The number of furan rings is 1. The molecule has 1 aromatic heterocycles. The van der Waals surface area contributed by atoms with Crippen molar-refractivity contribution < 1.29 is 13.9 Å². The van der Waals surface area contributed by atoms with Crippen molar-refractivity contribution in [2.24, 2.45) is 0 Å². The van der Waals surface area contributed by atoms with Gasteiger partial charge in [-0.25, -0.2) is 4.39 Å². The van der Waals surface area contributed by atoms with E-state index in [4.69, 9.17) is 4.42 Å². The molecule has 0 aliphatic rings. The largest absolute Gasteiger partial charge is 0.508 e. The molecule has 17 heavy (non-hydrogen) atoms. The summed E-state index contributed by atoms with van der Waals surface area (Å²) in [5.41, 5.74) is 1.56. The Kier molecular flexibility index (Phi) is 3.44. The van der Waals surface area contributed by atoms with E-state index in [2.05, 4.69) is 5.32 Å². The molecule has 3 nitrogen and oxygen atoms in total. The lowest BCUT2D eigenvalue weighted by Crippen LogP contribution is -2.18. The van der Waals surface area contributed by atoms with E-state index in [-0.39, 0.29) is 17.6 Å². The minimum absolute atomic E-state index is 0.0959. The second kappa shape index (κ2) is 5.01. The first kappa shape index (κ1) is 11.7. The van der Waals surface area contributed by atoms with Gasteiger partial charge in [-0.05, 0) is 31.2 Å². The fraction of sp³-hybridized carbons (Fsp3) is 0.231. The van der Waals surface area contributed by atoms with E-state index in [9.17, 15) is 9.50 Å². The van der Waals surface area contributed by atoms with Gasteiger partial charge in [0.1, 0.15) is 11.6 Å². The summed E-state index contributed by atoms with van der Waals surface area (Å²) >= 11 is 0. The first-order chi connectivity index (χ1) is 8.16. The van der Waals surface area contributed by atoms with Crippen LogP contribution >= 0.6 is 0 Å². The number of benzene rings is 1. The molecule has 0 aliphatic heterocycles. The first-order valence-electron chi connectivity index (χ1n) is 5.39. The standard InChI is InChI=1S/C13H14FNO2/c1-9(15-7-10-4-5-17-8-10)12-6-11(14)2-3-13(12)16/h2-6,8-9,15-16H,7H2,1H3. The van der Waals surface area contributed by atoms with Crippen molar-refractivity contribution in [3.8, 4) is 5.75 Å². The van der Waals surface area contributed by atoms with Gasteiger partial charge in [-0.1, -0.05) is 0 Å². The minimum atomic E-state index is -0.352. The van der Waals surface area contributed by atoms with Crippen molar-refractivity contribution in [2.45, 2.75) is 19.5 Å². The topological polar surface area (TPSA) is 45.4 Å². The van der Waals surface area contributed by atoms with Gasteiger partial charge in [-0.15, -0.1) is 0 Å². The predicted octanol–water partition coefficient (Wildman–Crippen LogP) is 2.98. The highest BCUT2D eigenvalue weighted by atomic mass is 19.1. The van der Waals surface area contributed by atoms with Gasteiger partial charge in [-0.2, -0.15) is 0 Å². The number of hydrogen-bond acceptors (Lipinski definition) is 3. The number of rotatable bonds is 4. The molecule has 0 aliphatic carbocycles. The van der Waals surface area contributed by atoms with Crippen molar-refractivity contribution in [1.82, 2.24) is 5.32 Å². The van der Waals surface area contributed by atoms with Crippen LogP contribution in [-0.2, 0) is 6.54 Å². The second-order valence-corrected chi connectivity index (χ2v) is 3.94. The van der Waals surface area contributed by atoms with Crippen LogP contribution < -0.4 is 5.32 Å². The third-order valence-corrected chi connectivity index (χ3v) is 2.65. The third-order valence-electron chi connectivity index (χ3n) is 2.65. The summed E-state index contributed by atoms with van der Waals surface area (Å²) in [5.74, 6) is -0.256. The summed E-state index contributed by atoms with van der Waals surface area (Å²) in [5, 5.41) is 12.8. The Morgan fingerprint density at radius 2 is 2.24 bits per heavy atom. The SMILES string of the molecule is CC(NCc1ccoc1)c1cc(F)ccc1O. The number of nitrogens with one attached hydrogen (secondary N) is 1. The first-order valence-corrected chi connectivity index (χ1v) is 5.39. The van der Waals surface area contributed by atoms with Crippen molar-refractivity contribution in [2.75, 3.05) is 0 Å². The molecular formula is C13H14FNO2. The van der Waals surface area contributed by atoms with Crippen molar-refractivity contribution in [3.63, 3.8) is 0 Å². The Hall–Kier alpha value is -1.81. The quantitative estimate of drug-likeness (QED) is 0.856. The molecular weight excluding hydrogens is 221 g/mol. The van der Waals surface area contributed by atoms with E-state index in [1.54, 1.807) is 12.5 Å². The monoisotopic (exact) mass is 235 g/mol. The molecule has 0 saturated heterocycles. The molecule has 90 valence electrons. The van der Waals surface area contributed by atoms with Crippen LogP contribution in [0.1, 0.15) is 24.1 Å². The van der Waals surface area contributed by atoms with Crippen LogP contribution in [0.3, 0.4) is 0 Å². The maximum absolute atomic E-state index is 13.1. The Labute approximate surface area is 98.9 Å². The summed E-state index contributed by atoms with van der Waals surface area (Å²) in [7, 11) is 0. The van der Waals surface area contributed by atoms with Crippen LogP contribution in [0.2, 0.25) is 0 Å². The highest BCUT2D eigenvalue weighted by Gasteiger charge is 2.11. The normalized spacial score (nSPS) is 12.6. The van der Waals surface area contributed by atoms with Crippen LogP contribution in [-0.4, -0.2) is 5.11 Å². The zero-order valence-electron chi connectivity index (χ0n) is 9.48. The fourth-order valence-electron chi connectivity index (χ4n) is 1.65. The number of hydrogen-bond donors (Lipinski definition) is 2. The number of phenolic OH excluding ortho intramolecular Hbond substituents is 1. The predicted molar refractivity (Wildman–Crippen MR) is 62.0 cm³/mol. The molecule has 4 heteroatoms. The van der Waals surface area contributed by atoms with Crippen molar-refractivity contribution in [1.29, 1.82) is 0 Å². The average molecular weight is 235 g/mol. The zero-order valence-corrected chi connectivity index (χ0v) is 9.48. The maximum atomic E-state index is 13.1. The molecule has 0 saturated carbocycles. The van der Waals surface area contributed by atoms with Gasteiger partial charge in [-0.3, -0.25) is 0 Å². The Morgan fingerprint density at radius 1 is 1.41 bits per heavy atom. The van der Waals surface area contributed by atoms with E-state index >= 15 is 0 Å². The van der Waals surface area contributed by atoms with Crippen LogP contribution in [0, 0.1) is 5.82 Å². The van der Waals surface area contributed by atoms with Gasteiger partial charge in [0.05, 0.1) is 12.5 Å². The lowest BCUT2D eigenvalue weighted by atomic mass is 10.1. The Bertz CT molecular complexity index is 482.